The number of ether oxygens (including phenoxy) is 1. The fourth-order valence-corrected chi connectivity index (χ4v) is 4.27. The van der Waals surface area contributed by atoms with Crippen molar-refractivity contribution >= 4 is 11.4 Å². The molecule has 0 bridgehead atoms. The van der Waals surface area contributed by atoms with E-state index in [0.29, 0.717) is 57.1 Å². The second-order valence-electron chi connectivity index (χ2n) is 9.51. The summed E-state index contributed by atoms with van der Waals surface area (Å²) in [6.45, 7) is 9.18. The molecule has 0 spiro atoms. The standard InChI is InChI=1S/C28H30FN3O4/c1-7-30-26(33)18-12-22-27(34)31(6)15-23(32(22)14-18)21-13-19(28(4,5)35)8-9-24(21)36-25-16(2)10-20(29)11-17(25)3/h8-15,35H,7H2,1-6H3,(H,30,33). The lowest BCUT2D eigenvalue weighted by Crippen LogP contribution is -2.22. The topological polar surface area (TPSA) is 85.0 Å². The lowest BCUT2D eigenvalue weighted by atomic mass is 9.95. The second kappa shape index (κ2) is 9.28. The number of nitrogens with one attached hydrogen (secondary N) is 1. The Morgan fingerprint density at radius 1 is 1.11 bits per heavy atom. The van der Waals surface area contributed by atoms with Crippen LogP contribution in [-0.2, 0) is 12.6 Å². The van der Waals surface area contributed by atoms with Crippen LogP contribution >= 0.6 is 0 Å². The van der Waals surface area contributed by atoms with Gasteiger partial charge in [-0.05, 0) is 81.6 Å². The summed E-state index contributed by atoms with van der Waals surface area (Å²) in [5, 5.41) is 13.5. The van der Waals surface area contributed by atoms with Gasteiger partial charge in [-0.15, -0.1) is 0 Å². The van der Waals surface area contributed by atoms with Crippen molar-refractivity contribution in [2.75, 3.05) is 6.54 Å². The van der Waals surface area contributed by atoms with Crippen LogP contribution in [0.4, 0.5) is 4.39 Å². The van der Waals surface area contributed by atoms with Crippen molar-refractivity contribution in [3.8, 4) is 22.8 Å². The maximum absolute atomic E-state index is 13.9. The molecule has 2 aromatic heterocycles. The van der Waals surface area contributed by atoms with Crippen LogP contribution in [0.3, 0.4) is 0 Å². The van der Waals surface area contributed by atoms with Crippen molar-refractivity contribution in [2.45, 2.75) is 40.2 Å². The minimum Gasteiger partial charge on any atom is -0.456 e. The van der Waals surface area contributed by atoms with Crippen LogP contribution in [0.5, 0.6) is 11.5 Å². The predicted molar refractivity (Wildman–Crippen MR) is 137 cm³/mol. The Kier molecular flexibility index (Phi) is 6.49. The van der Waals surface area contributed by atoms with Gasteiger partial charge in [-0.25, -0.2) is 4.39 Å². The Morgan fingerprint density at radius 3 is 2.39 bits per heavy atom. The van der Waals surface area contributed by atoms with Crippen LogP contribution < -0.4 is 15.6 Å². The summed E-state index contributed by atoms with van der Waals surface area (Å²) < 4.78 is 23.3. The second-order valence-corrected chi connectivity index (χ2v) is 9.51. The van der Waals surface area contributed by atoms with Crippen molar-refractivity contribution in [3.63, 3.8) is 0 Å². The first-order valence-electron chi connectivity index (χ1n) is 11.7. The van der Waals surface area contributed by atoms with Gasteiger partial charge in [0.1, 0.15) is 22.8 Å². The zero-order chi connectivity index (χ0) is 26.4. The normalized spacial score (nSPS) is 11.7. The monoisotopic (exact) mass is 491 g/mol. The Labute approximate surface area is 208 Å². The van der Waals surface area contributed by atoms with Crippen molar-refractivity contribution in [2.24, 2.45) is 7.05 Å². The van der Waals surface area contributed by atoms with E-state index in [1.807, 2.05) is 6.92 Å². The number of fused-ring (bicyclic) bond motifs is 1. The van der Waals surface area contributed by atoms with Crippen LogP contribution in [0.1, 0.15) is 47.8 Å². The minimum absolute atomic E-state index is 0.263. The third-order valence-electron chi connectivity index (χ3n) is 6.13. The van der Waals surface area contributed by atoms with Crippen molar-refractivity contribution in [1.82, 2.24) is 14.3 Å². The van der Waals surface area contributed by atoms with E-state index in [2.05, 4.69) is 5.32 Å². The molecule has 188 valence electrons. The molecule has 0 saturated carbocycles. The number of hydrogen-bond donors (Lipinski definition) is 2. The number of nitrogens with zero attached hydrogens (tertiary/aromatic N) is 2. The molecule has 0 aliphatic heterocycles. The average molecular weight is 492 g/mol. The first kappa shape index (κ1) is 25.2. The number of hydrogen-bond acceptors (Lipinski definition) is 4. The Morgan fingerprint density at radius 2 is 1.78 bits per heavy atom. The molecule has 2 aromatic carbocycles. The molecule has 7 nitrogen and oxygen atoms in total. The number of aliphatic hydroxyl groups is 1. The van der Waals surface area contributed by atoms with Crippen LogP contribution in [0.15, 0.2) is 53.6 Å². The van der Waals surface area contributed by atoms with E-state index in [9.17, 15) is 19.1 Å². The molecule has 0 saturated heterocycles. The highest BCUT2D eigenvalue weighted by Crippen LogP contribution is 2.39. The Balaban J connectivity index is 2.00. The molecule has 4 rings (SSSR count). The van der Waals surface area contributed by atoms with Gasteiger partial charge in [0.05, 0.1) is 16.9 Å². The SMILES string of the molecule is CCNC(=O)c1cc2c(=O)n(C)cc(-c3cc(C(C)(C)O)ccc3Oc3c(C)cc(F)cc3C)n2c1. The number of rotatable bonds is 6. The van der Waals surface area contributed by atoms with E-state index in [-0.39, 0.29) is 17.3 Å². The molecule has 1 amide bonds. The fourth-order valence-electron chi connectivity index (χ4n) is 4.27. The molecular formula is C28H30FN3O4. The van der Waals surface area contributed by atoms with Crippen molar-refractivity contribution < 1.29 is 19.0 Å². The van der Waals surface area contributed by atoms with E-state index in [4.69, 9.17) is 4.74 Å². The predicted octanol–water partition coefficient (Wildman–Crippen LogP) is 4.83. The molecule has 0 unspecified atom stereocenters. The zero-order valence-corrected chi connectivity index (χ0v) is 21.3. The largest absolute Gasteiger partial charge is 0.456 e. The first-order chi connectivity index (χ1) is 16.9. The number of benzene rings is 2. The molecule has 0 aliphatic rings. The Hall–Kier alpha value is -3.91. The number of aryl methyl sites for hydroxylation is 3. The number of carbonyl (C=O) groups is 1. The number of carbonyl (C=O) groups excluding carboxylic acids is 1. The van der Waals surface area contributed by atoms with Gasteiger partial charge >= 0.3 is 0 Å². The maximum atomic E-state index is 13.9. The van der Waals surface area contributed by atoms with Crippen LogP contribution in [0.2, 0.25) is 0 Å². The molecule has 0 radical (unpaired) electrons. The van der Waals surface area contributed by atoms with E-state index in [0.717, 1.165) is 0 Å². The quantitative estimate of drug-likeness (QED) is 0.405. The molecule has 36 heavy (non-hydrogen) atoms. The van der Waals surface area contributed by atoms with Gasteiger partial charge in [-0.1, -0.05) is 6.07 Å². The molecule has 0 aliphatic carbocycles. The molecule has 0 fully saturated rings. The molecule has 8 heteroatoms. The molecule has 2 heterocycles. The van der Waals surface area contributed by atoms with Crippen LogP contribution in [0, 0.1) is 19.7 Å². The highest BCUT2D eigenvalue weighted by atomic mass is 19.1. The Bertz CT molecular complexity index is 1520. The van der Waals surface area contributed by atoms with Crippen LogP contribution in [0.25, 0.3) is 16.8 Å². The molecular weight excluding hydrogens is 461 g/mol. The van der Waals surface area contributed by atoms with E-state index < -0.39 is 5.60 Å². The van der Waals surface area contributed by atoms with E-state index in [1.165, 1.54) is 16.7 Å². The molecule has 2 N–H and O–H groups in total. The summed E-state index contributed by atoms with van der Waals surface area (Å²) >= 11 is 0. The molecule has 0 atom stereocenters. The van der Waals surface area contributed by atoms with E-state index >= 15 is 0 Å². The third kappa shape index (κ3) is 4.64. The number of amides is 1. The van der Waals surface area contributed by atoms with Gasteiger partial charge in [-0.3, -0.25) is 9.59 Å². The first-order valence-corrected chi connectivity index (χ1v) is 11.7. The van der Waals surface area contributed by atoms with Crippen molar-refractivity contribution in [3.05, 3.63) is 87.2 Å². The number of halogens is 1. The van der Waals surface area contributed by atoms with Crippen LogP contribution in [-0.4, -0.2) is 26.5 Å². The maximum Gasteiger partial charge on any atom is 0.274 e. The van der Waals surface area contributed by atoms with Gasteiger partial charge in [0, 0.05) is 31.5 Å². The minimum atomic E-state index is -1.14. The third-order valence-corrected chi connectivity index (χ3v) is 6.13. The summed E-state index contributed by atoms with van der Waals surface area (Å²) in [7, 11) is 1.64. The summed E-state index contributed by atoms with van der Waals surface area (Å²) in [5.74, 6) is 0.340. The van der Waals surface area contributed by atoms with Gasteiger partial charge in [0.15, 0.2) is 0 Å². The fraction of sp³-hybridized carbons (Fsp3) is 0.286. The van der Waals surface area contributed by atoms with E-state index in [1.54, 1.807) is 75.8 Å². The van der Waals surface area contributed by atoms with Gasteiger partial charge in [0.2, 0.25) is 0 Å². The van der Waals surface area contributed by atoms with Gasteiger partial charge in [-0.2, -0.15) is 0 Å². The lowest BCUT2D eigenvalue weighted by Gasteiger charge is -2.22. The van der Waals surface area contributed by atoms with Gasteiger partial charge < -0.3 is 24.1 Å². The van der Waals surface area contributed by atoms with Gasteiger partial charge in [0.25, 0.3) is 11.5 Å². The highest BCUT2D eigenvalue weighted by molar-refractivity contribution is 5.95. The summed E-state index contributed by atoms with van der Waals surface area (Å²) in [6, 6.07) is 9.68. The van der Waals surface area contributed by atoms with Crippen molar-refractivity contribution in [1.29, 1.82) is 0 Å². The highest BCUT2D eigenvalue weighted by Gasteiger charge is 2.22. The zero-order valence-electron chi connectivity index (χ0n) is 21.3. The summed E-state index contributed by atoms with van der Waals surface area (Å²) in [4.78, 5) is 25.5. The summed E-state index contributed by atoms with van der Waals surface area (Å²) in [5.41, 5.74) is 2.36. The number of aromatic nitrogens is 2. The average Bonchev–Trinajstić information content (AvgIpc) is 3.24. The lowest BCUT2D eigenvalue weighted by molar-refractivity contribution is 0.0786. The smallest absolute Gasteiger partial charge is 0.274 e. The summed E-state index contributed by atoms with van der Waals surface area (Å²) in [6.07, 6.45) is 3.28. The molecule has 4 aromatic rings.